The molecule has 1 aliphatic rings. The molecule has 0 aromatic heterocycles. The van der Waals surface area contributed by atoms with Crippen molar-refractivity contribution in [2.75, 3.05) is 12.9 Å². The van der Waals surface area contributed by atoms with Gasteiger partial charge in [-0.05, 0) is 65.9 Å². The van der Waals surface area contributed by atoms with Crippen LogP contribution in [0.2, 0.25) is 5.02 Å². The second kappa shape index (κ2) is 11.2. The lowest BCUT2D eigenvalue weighted by Crippen LogP contribution is -2.29. The van der Waals surface area contributed by atoms with Gasteiger partial charge in [-0.15, -0.1) is 11.8 Å². The fourth-order valence-electron chi connectivity index (χ4n) is 4.27. The van der Waals surface area contributed by atoms with Crippen LogP contribution < -0.4 is 10.1 Å². The van der Waals surface area contributed by atoms with Gasteiger partial charge in [-0.2, -0.15) is 0 Å². The molecule has 182 valence electrons. The number of methoxy groups -OCH3 is 1. The van der Waals surface area contributed by atoms with Crippen LogP contribution in [0.15, 0.2) is 66.7 Å². The van der Waals surface area contributed by atoms with Crippen molar-refractivity contribution in [3.63, 3.8) is 0 Å². The molecule has 1 N–H and O–H groups in total. The van der Waals surface area contributed by atoms with Gasteiger partial charge in [-0.3, -0.25) is 9.59 Å². The van der Waals surface area contributed by atoms with E-state index in [1.165, 1.54) is 0 Å². The number of amides is 2. The molecule has 5 nitrogen and oxygen atoms in total. The molecule has 1 fully saturated rings. The largest absolute Gasteiger partial charge is 0.496 e. The molecule has 4 rings (SSSR count). The SMILES string of the molecule is CC[C@H](NC(=O)c1ccc([C@H]2SCC(=O)N2Cc2ccc(Cl)cc2)cc1)c1ccc(OC)c(C)c1. The first-order valence-electron chi connectivity index (χ1n) is 11.6. The Labute approximate surface area is 215 Å². The minimum atomic E-state index is -0.120. The number of carbonyl (C=O) groups is 2. The molecule has 0 bridgehead atoms. The Morgan fingerprint density at radius 2 is 1.86 bits per heavy atom. The van der Waals surface area contributed by atoms with Gasteiger partial charge in [-0.25, -0.2) is 0 Å². The number of hydrogen-bond donors (Lipinski definition) is 1. The summed E-state index contributed by atoms with van der Waals surface area (Å²) in [6.07, 6.45) is 0.774. The van der Waals surface area contributed by atoms with Crippen LogP contribution in [0.1, 0.15) is 57.4 Å². The van der Waals surface area contributed by atoms with Crippen LogP contribution in [0, 0.1) is 6.92 Å². The van der Waals surface area contributed by atoms with Crippen molar-refractivity contribution < 1.29 is 14.3 Å². The molecule has 2 amide bonds. The molecule has 1 heterocycles. The molecule has 35 heavy (non-hydrogen) atoms. The van der Waals surface area contributed by atoms with E-state index in [2.05, 4.69) is 18.3 Å². The van der Waals surface area contributed by atoms with Crippen LogP contribution >= 0.6 is 23.4 Å². The number of nitrogens with zero attached hydrogens (tertiary/aromatic N) is 1. The molecular weight excluding hydrogens is 480 g/mol. The van der Waals surface area contributed by atoms with Crippen molar-refractivity contribution in [2.24, 2.45) is 0 Å². The van der Waals surface area contributed by atoms with E-state index < -0.39 is 0 Å². The molecule has 3 aromatic carbocycles. The van der Waals surface area contributed by atoms with Gasteiger partial charge in [0.1, 0.15) is 11.1 Å². The molecule has 0 saturated carbocycles. The first-order chi connectivity index (χ1) is 16.9. The second-order valence-electron chi connectivity index (χ2n) is 8.60. The van der Waals surface area contributed by atoms with Crippen LogP contribution in [-0.4, -0.2) is 29.6 Å². The molecule has 1 saturated heterocycles. The fraction of sp³-hybridized carbons (Fsp3) is 0.286. The number of halogens is 1. The van der Waals surface area contributed by atoms with Crippen molar-refractivity contribution in [1.29, 1.82) is 0 Å². The molecule has 1 aliphatic heterocycles. The monoisotopic (exact) mass is 508 g/mol. The summed E-state index contributed by atoms with van der Waals surface area (Å²) in [6, 6.07) is 21.0. The maximum absolute atomic E-state index is 13.0. The van der Waals surface area contributed by atoms with Crippen LogP contribution in [0.3, 0.4) is 0 Å². The Bertz CT molecular complexity index is 1200. The lowest BCUT2D eigenvalue weighted by molar-refractivity contribution is -0.128. The van der Waals surface area contributed by atoms with Crippen molar-refractivity contribution in [1.82, 2.24) is 10.2 Å². The van der Waals surface area contributed by atoms with Crippen LogP contribution in [0.25, 0.3) is 0 Å². The first-order valence-corrected chi connectivity index (χ1v) is 13.0. The minimum absolute atomic E-state index is 0.0825. The Balaban J connectivity index is 1.45. The smallest absolute Gasteiger partial charge is 0.251 e. The average molecular weight is 509 g/mol. The Kier molecular flexibility index (Phi) is 8.04. The van der Waals surface area contributed by atoms with E-state index in [-0.39, 0.29) is 23.2 Å². The summed E-state index contributed by atoms with van der Waals surface area (Å²) in [5, 5.41) is 3.74. The van der Waals surface area contributed by atoms with Crippen molar-refractivity contribution in [3.05, 3.63) is 99.6 Å². The number of nitrogens with one attached hydrogen (secondary N) is 1. The molecule has 0 radical (unpaired) electrons. The molecule has 0 aliphatic carbocycles. The molecule has 2 atom stereocenters. The summed E-state index contributed by atoms with van der Waals surface area (Å²) in [7, 11) is 1.65. The van der Waals surface area contributed by atoms with Crippen LogP contribution in [-0.2, 0) is 11.3 Å². The van der Waals surface area contributed by atoms with Gasteiger partial charge >= 0.3 is 0 Å². The zero-order chi connectivity index (χ0) is 24.9. The van der Waals surface area contributed by atoms with Gasteiger partial charge in [0.2, 0.25) is 5.91 Å². The highest BCUT2D eigenvalue weighted by Gasteiger charge is 2.32. The number of benzene rings is 3. The maximum atomic E-state index is 13.0. The molecule has 0 unspecified atom stereocenters. The first kappa shape index (κ1) is 25.1. The van der Waals surface area contributed by atoms with Gasteiger partial charge in [0.05, 0.1) is 18.9 Å². The number of ether oxygens (including phenoxy) is 1. The molecule has 3 aromatic rings. The minimum Gasteiger partial charge on any atom is -0.496 e. The third kappa shape index (κ3) is 5.82. The maximum Gasteiger partial charge on any atom is 0.251 e. The summed E-state index contributed by atoms with van der Waals surface area (Å²) in [4.78, 5) is 27.4. The van der Waals surface area contributed by atoms with E-state index in [0.717, 1.165) is 34.4 Å². The number of thioether (sulfide) groups is 1. The number of carbonyl (C=O) groups excluding carboxylic acids is 2. The van der Waals surface area contributed by atoms with Crippen LogP contribution in [0.5, 0.6) is 5.75 Å². The van der Waals surface area contributed by atoms with E-state index in [4.69, 9.17) is 16.3 Å². The van der Waals surface area contributed by atoms with Gasteiger partial charge in [0.15, 0.2) is 0 Å². The highest BCUT2D eigenvalue weighted by molar-refractivity contribution is 8.00. The number of aryl methyl sites for hydroxylation is 1. The van der Waals surface area contributed by atoms with E-state index in [1.807, 2.05) is 72.5 Å². The predicted octanol–water partition coefficient (Wildman–Crippen LogP) is 6.31. The third-order valence-electron chi connectivity index (χ3n) is 6.23. The second-order valence-corrected chi connectivity index (χ2v) is 10.1. The summed E-state index contributed by atoms with van der Waals surface area (Å²) in [5.41, 5.74) is 4.72. The Morgan fingerprint density at radius 1 is 1.14 bits per heavy atom. The zero-order valence-corrected chi connectivity index (χ0v) is 21.7. The molecular formula is C28H29ClN2O3S. The highest BCUT2D eigenvalue weighted by atomic mass is 35.5. The van der Waals surface area contributed by atoms with Gasteiger partial charge in [0.25, 0.3) is 5.91 Å². The summed E-state index contributed by atoms with van der Waals surface area (Å²) in [5.74, 6) is 1.27. The van der Waals surface area contributed by atoms with Crippen LogP contribution in [0.4, 0.5) is 0 Å². The third-order valence-corrected chi connectivity index (χ3v) is 7.74. The van der Waals surface area contributed by atoms with Crippen molar-refractivity contribution in [3.8, 4) is 5.75 Å². The van der Waals surface area contributed by atoms with Crippen molar-refractivity contribution in [2.45, 2.75) is 38.2 Å². The summed E-state index contributed by atoms with van der Waals surface area (Å²) >= 11 is 7.60. The van der Waals surface area contributed by atoms with E-state index in [9.17, 15) is 9.59 Å². The average Bonchev–Trinajstić information content (AvgIpc) is 3.23. The lowest BCUT2D eigenvalue weighted by Gasteiger charge is -2.24. The highest BCUT2D eigenvalue weighted by Crippen LogP contribution is 2.39. The fourth-order valence-corrected chi connectivity index (χ4v) is 5.58. The van der Waals surface area contributed by atoms with Gasteiger partial charge in [-0.1, -0.05) is 54.9 Å². The topological polar surface area (TPSA) is 58.6 Å². The van der Waals surface area contributed by atoms with Crippen molar-refractivity contribution >= 4 is 35.2 Å². The Morgan fingerprint density at radius 3 is 2.49 bits per heavy atom. The standard InChI is InChI=1S/C28H29ClN2O3S/c1-4-24(22-11-14-25(34-3)18(2)15-22)30-27(33)20-7-9-21(10-8-20)28-31(26(32)17-35-28)16-19-5-12-23(29)13-6-19/h5-15,24,28H,4,16-17H2,1-3H3,(H,30,33)/t24-,28+/m0/s1. The number of hydrogen-bond acceptors (Lipinski definition) is 4. The lowest BCUT2D eigenvalue weighted by atomic mass is 10.0. The van der Waals surface area contributed by atoms with Gasteiger partial charge < -0.3 is 15.0 Å². The number of rotatable bonds is 8. The summed E-state index contributed by atoms with van der Waals surface area (Å²) in [6.45, 7) is 4.57. The quantitative estimate of drug-likeness (QED) is 0.387. The molecule has 0 spiro atoms. The molecule has 7 heteroatoms. The Hall–Kier alpha value is -2.96. The zero-order valence-electron chi connectivity index (χ0n) is 20.1. The normalized spacial score (nSPS) is 16.3. The van der Waals surface area contributed by atoms with E-state index >= 15 is 0 Å². The predicted molar refractivity (Wildman–Crippen MR) is 142 cm³/mol. The van der Waals surface area contributed by atoms with Gasteiger partial charge in [0, 0.05) is 17.1 Å². The summed E-state index contributed by atoms with van der Waals surface area (Å²) < 4.78 is 5.35. The van der Waals surface area contributed by atoms with E-state index in [1.54, 1.807) is 18.9 Å². The van der Waals surface area contributed by atoms with E-state index in [0.29, 0.717) is 22.9 Å².